The van der Waals surface area contributed by atoms with Crippen molar-refractivity contribution >= 4 is 29.4 Å². The smallest absolute Gasteiger partial charge is 0.338 e. The molecule has 0 aromatic heterocycles. The van der Waals surface area contributed by atoms with Crippen molar-refractivity contribution in [1.29, 1.82) is 0 Å². The molecule has 7 atom stereocenters. The summed E-state index contributed by atoms with van der Waals surface area (Å²) in [5.41, 5.74) is 0.887. The van der Waals surface area contributed by atoms with Crippen molar-refractivity contribution in [1.82, 2.24) is 4.90 Å². The van der Waals surface area contributed by atoms with Crippen LogP contribution >= 0.6 is 0 Å². The molecule has 1 heterocycles. The van der Waals surface area contributed by atoms with Crippen molar-refractivity contribution in [3.63, 3.8) is 0 Å². The molecule has 2 saturated carbocycles. The number of allylic oxidation sites excluding steroid dienone is 2. The zero-order valence-corrected chi connectivity index (χ0v) is 17.6. The van der Waals surface area contributed by atoms with Gasteiger partial charge in [0.05, 0.1) is 24.0 Å². The van der Waals surface area contributed by atoms with E-state index in [1.807, 2.05) is 6.92 Å². The number of ether oxygens (including phenoxy) is 1. The van der Waals surface area contributed by atoms with Gasteiger partial charge >= 0.3 is 5.97 Å². The maximum absolute atomic E-state index is 13.1. The van der Waals surface area contributed by atoms with E-state index >= 15 is 0 Å². The number of carbonyl (C=O) groups is 4. The third-order valence-corrected chi connectivity index (χ3v) is 7.29. The minimum Gasteiger partial charge on any atom is -0.462 e. The van der Waals surface area contributed by atoms with Crippen molar-refractivity contribution in [2.75, 3.05) is 11.9 Å². The SMILES string of the molecule is CCCOC(=O)c1ccc(NC(=O)[C@H](C)N2C(=O)[C@H]3[C@@H]4C=C[C@H]([C@H]5C[C@H]45)[C@@H]3C2=O)cc1. The van der Waals surface area contributed by atoms with E-state index in [9.17, 15) is 19.2 Å². The van der Waals surface area contributed by atoms with Gasteiger partial charge in [-0.05, 0) is 67.7 Å². The van der Waals surface area contributed by atoms with E-state index < -0.39 is 17.9 Å². The van der Waals surface area contributed by atoms with Gasteiger partial charge < -0.3 is 10.1 Å². The van der Waals surface area contributed by atoms with Crippen LogP contribution in [0.3, 0.4) is 0 Å². The fourth-order valence-corrected chi connectivity index (χ4v) is 5.69. The largest absolute Gasteiger partial charge is 0.462 e. The summed E-state index contributed by atoms with van der Waals surface area (Å²) in [6, 6.07) is 5.48. The molecule has 0 unspecified atom stereocenters. The summed E-state index contributed by atoms with van der Waals surface area (Å²) < 4.78 is 5.09. The van der Waals surface area contributed by atoms with Crippen LogP contribution in [0.25, 0.3) is 0 Å². The molecular weight excluding hydrogens is 396 g/mol. The summed E-state index contributed by atoms with van der Waals surface area (Å²) in [5, 5.41) is 2.75. The fraction of sp³-hybridized carbons (Fsp3) is 0.500. The van der Waals surface area contributed by atoms with Crippen LogP contribution in [-0.2, 0) is 19.1 Å². The van der Waals surface area contributed by atoms with Crippen molar-refractivity contribution < 1.29 is 23.9 Å². The summed E-state index contributed by atoms with van der Waals surface area (Å²) in [6.45, 7) is 3.87. The number of benzene rings is 1. The lowest BCUT2D eigenvalue weighted by atomic mass is 9.63. The van der Waals surface area contributed by atoms with E-state index in [-0.39, 0.29) is 35.5 Å². The summed E-state index contributed by atoms with van der Waals surface area (Å²) >= 11 is 0. The van der Waals surface area contributed by atoms with E-state index in [2.05, 4.69) is 17.5 Å². The number of nitrogens with zero attached hydrogens (tertiary/aromatic N) is 1. The molecule has 1 aliphatic heterocycles. The van der Waals surface area contributed by atoms with Gasteiger partial charge in [0.1, 0.15) is 6.04 Å². The monoisotopic (exact) mass is 422 g/mol. The number of nitrogens with one attached hydrogen (secondary N) is 1. The van der Waals surface area contributed by atoms with E-state index in [1.54, 1.807) is 31.2 Å². The standard InChI is InChI=1S/C24H26N2O5/c1-3-10-31-24(30)13-4-6-14(7-5-13)25-21(27)12(2)26-22(28)19-15-8-9-16(18-11-17(15)18)20(19)23(26)29/h4-9,12,15-20H,3,10-11H2,1-2H3,(H,25,27)/t12-,15+,16+,17+,18+,19-,20-/m0/s1. The molecule has 0 spiro atoms. The summed E-state index contributed by atoms with van der Waals surface area (Å²) in [7, 11) is 0. The Labute approximate surface area is 180 Å². The molecule has 1 saturated heterocycles. The highest BCUT2D eigenvalue weighted by molar-refractivity contribution is 6.10. The Balaban J connectivity index is 1.26. The molecule has 1 N–H and O–H groups in total. The maximum Gasteiger partial charge on any atom is 0.338 e. The molecule has 2 bridgehead atoms. The second-order valence-corrected chi connectivity index (χ2v) is 9.08. The number of anilines is 1. The number of rotatable bonds is 6. The summed E-state index contributed by atoms with van der Waals surface area (Å²) in [5.74, 6) is -0.553. The van der Waals surface area contributed by atoms with Gasteiger partial charge in [-0.2, -0.15) is 0 Å². The highest BCUT2D eigenvalue weighted by atomic mass is 16.5. The zero-order valence-electron chi connectivity index (χ0n) is 17.6. The van der Waals surface area contributed by atoms with Crippen molar-refractivity contribution in [3.8, 4) is 0 Å². The van der Waals surface area contributed by atoms with Gasteiger partial charge in [0.2, 0.25) is 17.7 Å². The molecule has 6 rings (SSSR count). The van der Waals surface area contributed by atoms with Crippen LogP contribution in [0.1, 0.15) is 37.0 Å². The predicted octanol–water partition coefficient (Wildman–Crippen LogP) is 2.63. The Kier molecular flexibility index (Phi) is 4.72. The number of likely N-dealkylation sites (tertiary alicyclic amines) is 1. The second-order valence-electron chi connectivity index (χ2n) is 9.08. The lowest BCUT2D eigenvalue weighted by Gasteiger charge is -2.37. The van der Waals surface area contributed by atoms with Crippen LogP contribution in [0.5, 0.6) is 0 Å². The van der Waals surface area contributed by atoms with E-state index in [1.165, 1.54) is 4.90 Å². The van der Waals surface area contributed by atoms with Crippen LogP contribution in [0.4, 0.5) is 5.69 Å². The Hall–Kier alpha value is -2.96. The van der Waals surface area contributed by atoms with Gasteiger partial charge in [-0.3, -0.25) is 19.3 Å². The summed E-state index contributed by atoms with van der Waals surface area (Å²) in [4.78, 5) is 52.2. The van der Waals surface area contributed by atoms with Gasteiger partial charge in [0, 0.05) is 5.69 Å². The van der Waals surface area contributed by atoms with Gasteiger partial charge in [-0.15, -0.1) is 0 Å². The van der Waals surface area contributed by atoms with Crippen LogP contribution in [0.15, 0.2) is 36.4 Å². The predicted molar refractivity (Wildman–Crippen MR) is 112 cm³/mol. The first-order valence-corrected chi connectivity index (χ1v) is 11.1. The van der Waals surface area contributed by atoms with Crippen LogP contribution in [-0.4, -0.2) is 41.2 Å². The lowest BCUT2D eigenvalue weighted by molar-refractivity contribution is -0.146. The molecule has 4 aliphatic carbocycles. The quantitative estimate of drug-likeness (QED) is 0.432. The van der Waals surface area contributed by atoms with Crippen LogP contribution in [0, 0.1) is 35.5 Å². The average Bonchev–Trinajstić information content (AvgIpc) is 3.55. The van der Waals surface area contributed by atoms with E-state index in [4.69, 9.17) is 4.74 Å². The number of carbonyl (C=O) groups excluding carboxylic acids is 4. The maximum atomic E-state index is 13.1. The third kappa shape index (κ3) is 3.09. The first-order chi connectivity index (χ1) is 14.9. The average molecular weight is 422 g/mol. The Morgan fingerprint density at radius 3 is 2.19 bits per heavy atom. The number of amides is 3. The van der Waals surface area contributed by atoms with Crippen molar-refractivity contribution in [2.45, 2.75) is 32.7 Å². The molecule has 0 radical (unpaired) electrons. The lowest BCUT2D eigenvalue weighted by Crippen LogP contribution is -2.46. The highest BCUT2D eigenvalue weighted by Crippen LogP contribution is 2.65. The van der Waals surface area contributed by atoms with E-state index in [0.717, 1.165) is 12.8 Å². The molecule has 7 nitrogen and oxygen atoms in total. The Morgan fingerprint density at radius 1 is 1.06 bits per heavy atom. The molecule has 162 valence electrons. The van der Waals surface area contributed by atoms with Crippen LogP contribution in [0.2, 0.25) is 0 Å². The van der Waals surface area contributed by atoms with Gasteiger partial charge in [-0.25, -0.2) is 4.79 Å². The van der Waals surface area contributed by atoms with Gasteiger partial charge in [-0.1, -0.05) is 19.1 Å². The van der Waals surface area contributed by atoms with Crippen molar-refractivity contribution in [2.24, 2.45) is 35.5 Å². The number of hydrogen-bond donors (Lipinski definition) is 1. The Morgan fingerprint density at radius 2 is 1.65 bits per heavy atom. The van der Waals surface area contributed by atoms with Gasteiger partial charge in [0.25, 0.3) is 0 Å². The molecule has 5 aliphatic rings. The van der Waals surface area contributed by atoms with Crippen LogP contribution < -0.4 is 5.32 Å². The molecule has 3 amide bonds. The molecule has 7 heteroatoms. The normalized spacial score (nSPS) is 33.0. The number of hydrogen-bond acceptors (Lipinski definition) is 5. The number of esters is 1. The Bertz CT molecular complexity index is 948. The first-order valence-electron chi connectivity index (χ1n) is 11.1. The minimum atomic E-state index is -0.893. The zero-order chi connectivity index (χ0) is 21.9. The van der Waals surface area contributed by atoms with Gasteiger partial charge in [0.15, 0.2) is 0 Å². The number of imide groups is 1. The highest BCUT2D eigenvalue weighted by Gasteiger charge is 2.67. The molecule has 1 aromatic carbocycles. The third-order valence-electron chi connectivity index (χ3n) is 7.29. The summed E-state index contributed by atoms with van der Waals surface area (Å²) in [6.07, 6.45) is 6.08. The first kappa shape index (κ1) is 20.0. The molecule has 3 fully saturated rings. The van der Waals surface area contributed by atoms with E-state index in [0.29, 0.717) is 29.7 Å². The molecule has 1 aromatic rings. The van der Waals surface area contributed by atoms with Crippen molar-refractivity contribution in [3.05, 3.63) is 42.0 Å². The second kappa shape index (κ2) is 7.32. The fourth-order valence-electron chi connectivity index (χ4n) is 5.69. The topological polar surface area (TPSA) is 92.8 Å². The molecule has 31 heavy (non-hydrogen) atoms. The minimum absolute atomic E-state index is 0.136. The molecular formula is C24H26N2O5.